The zero-order valence-corrected chi connectivity index (χ0v) is 11.1. The van der Waals surface area contributed by atoms with Crippen LogP contribution < -0.4 is 5.32 Å². The first-order valence-corrected chi connectivity index (χ1v) is 6.48. The van der Waals surface area contributed by atoms with E-state index in [2.05, 4.69) is 10.5 Å². The normalized spacial score (nSPS) is 19.6. The Labute approximate surface area is 112 Å². The molecule has 0 saturated carbocycles. The van der Waals surface area contributed by atoms with E-state index >= 15 is 0 Å². The first kappa shape index (κ1) is 12.3. The molecule has 1 fully saturated rings. The number of ether oxygens (including phenoxy) is 1. The van der Waals surface area contributed by atoms with E-state index in [0.29, 0.717) is 0 Å². The van der Waals surface area contributed by atoms with Crippen LogP contribution in [0.25, 0.3) is 11.3 Å². The third-order valence-corrected chi connectivity index (χ3v) is 3.32. The third-order valence-electron chi connectivity index (χ3n) is 3.32. The van der Waals surface area contributed by atoms with Crippen molar-refractivity contribution in [2.75, 3.05) is 19.7 Å². The Morgan fingerprint density at radius 3 is 2.89 bits per heavy atom. The molecule has 0 amide bonds. The molecule has 3 rings (SSSR count). The number of aryl methyl sites for hydroxylation is 2. The summed E-state index contributed by atoms with van der Waals surface area (Å²) in [7, 11) is 0. The summed E-state index contributed by atoms with van der Waals surface area (Å²) in [6.45, 7) is 6.27. The lowest BCUT2D eigenvalue weighted by Gasteiger charge is -2.23. The van der Waals surface area contributed by atoms with Gasteiger partial charge in [-0.05, 0) is 26.0 Å². The van der Waals surface area contributed by atoms with E-state index in [1.54, 1.807) is 0 Å². The summed E-state index contributed by atoms with van der Waals surface area (Å²) in [5, 5.41) is 7.29. The Hall–Kier alpha value is -1.72. The number of hydrogen-bond acceptors (Lipinski definition) is 5. The average Bonchev–Trinajstić information content (AvgIpc) is 2.79. The molecule has 0 aliphatic carbocycles. The number of nitrogens with zero attached hydrogens (tertiary/aromatic N) is 2. The highest BCUT2D eigenvalue weighted by Crippen LogP contribution is 2.27. The summed E-state index contributed by atoms with van der Waals surface area (Å²) < 4.78 is 10.9. The van der Waals surface area contributed by atoms with Crippen LogP contribution >= 0.6 is 0 Å². The summed E-state index contributed by atoms with van der Waals surface area (Å²) in [6.07, 6.45) is 0.0224. The molecule has 1 saturated heterocycles. The fraction of sp³-hybridized carbons (Fsp3) is 0.429. The summed E-state index contributed by atoms with van der Waals surface area (Å²) in [4.78, 5) is 4.70. The first-order chi connectivity index (χ1) is 9.25. The summed E-state index contributed by atoms with van der Waals surface area (Å²) in [6, 6.07) is 5.98. The van der Waals surface area contributed by atoms with E-state index in [-0.39, 0.29) is 6.10 Å². The van der Waals surface area contributed by atoms with Crippen molar-refractivity contribution in [1.29, 1.82) is 0 Å². The van der Waals surface area contributed by atoms with Gasteiger partial charge < -0.3 is 14.6 Å². The van der Waals surface area contributed by atoms with Crippen LogP contribution in [0.4, 0.5) is 0 Å². The Bertz CT molecular complexity index is 554. The molecule has 100 valence electrons. The lowest BCUT2D eigenvalue weighted by molar-refractivity contribution is 0.0251. The second kappa shape index (κ2) is 5.11. The van der Waals surface area contributed by atoms with Crippen LogP contribution in [0.2, 0.25) is 0 Å². The number of hydrogen-bond donors (Lipinski definition) is 1. The van der Waals surface area contributed by atoms with E-state index < -0.39 is 0 Å². The molecule has 2 aromatic rings. The average molecular weight is 259 g/mol. The smallest absolute Gasteiger partial charge is 0.143 e. The van der Waals surface area contributed by atoms with Gasteiger partial charge in [0.2, 0.25) is 0 Å². The maximum atomic E-state index is 5.73. The first-order valence-electron chi connectivity index (χ1n) is 6.48. The van der Waals surface area contributed by atoms with Gasteiger partial charge in [-0.25, -0.2) is 4.98 Å². The quantitative estimate of drug-likeness (QED) is 0.894. The Morgan fingerprint density at radius 1 is 1.32 bits per heavy atom. The van der Waals surface area contributed by atoms with Crippen molar-refractivity contribution in [3.63, 3.8) is 0 Å². The molecule has 3 heterocycles. The van der Waals surface area contributed by atoms with Gasteiger partial charge in [0, 0.05) is 13.1 Å². The van der Waals surface area contributed by atoms with Crippen molar-refractivity contribution in [1.82, 2.24) is 15.5 Å². The zero-order chi connectivity index (χ0) is 13.2. The Kier molecular flexibility index (Phi) is 3.31. The molecule has 0 unspecified atom stereocenters. The number of aromatic nitrogens is 2. The number of pyridine rings is 1. The molecular formula is C14H17N3O2. The van der Waals surface area contributed by atoms with Crippen LogP contribution in [0.5, 0.6) is 0 Å². The lowest BCUT2D eigenvalue weighted by atomic mass is 10.1. The van der Waals surface area contributed by atoms with Crippen LogP contribution in [-0.2, 0) is 4.74 Å². The molecule has 0 spiro atoms. The molecule has 0 aromatic carbocycles. The van der Waals surface area contributed by atoms with Gasteiger partial charge >= 0.3 is 0 Å². The van der Waals surface area contributed by atoms with Gasteiger partial charge in [0.25, 0.3) is 0 Å². The van der Waals surface area contributed by atoms with Crippen LogP contribution in [0.1, 0.15) is 23.3 Å². The van der Waals surface area contributed by atoms with Crippen LogP contribution in [-0.4, -0.2) is 29.8 Å². The second-order valence-electron chi connectivity index (χ2n) is 4.71. The molecule has 2 aromatic heterocycles. The Balaban J connectivity index is 1.95. The fourth-order valence-corrected chi connectivity index (χ4v) is 2.37. The highest BCUT2D eigenvalue weighted by molar-refractivity contribution is 5.63. The largest absolute Gasteiger partial charge is 0.369 e. The van der Waals surface area contributed by atoms with Crippen LogP contribution in [0, 0.1) is 13.8 Å². The zero-order valence-electron chi connectivity index (χ0n) is 11.1. The number of nitrogens with one attached hydrogen (secondary N) is 1. The maximum Gasteiger partial charge on any atom is 0.143 e. The van der Waals surface area contributed by atoms with E-state index in [9.17, 15) is 0 Å². The highest BCUT2D eigenvalue weighted by atomic mass is 16.5. The molecule has 19 heavy (non-hydrogen) atoms. The summed E-state index contributed by atoms with van der Waals surface area (Å²) >= 11 is 0. The molecule has 1 aliphatic heterocycles. The molecule has 1 atom stereocenters. The molecule has 5 heteroatoms. The molecule has 0 radical (unpaired) electrons. The summed E-state index contributed by atoms with van der Waals surface area (Å²) in [5.74, 6) is 0.796. The maximum absolute atomic E-state index is 5.73. The monoisotopic (exact) mass is 259 g/mol. The molecule has 0 bridgehead atoms. The Morgan fingerprint density at radius 2 is 2.21 bits per heavy atom. The van der Waals surface area contributed by atoms with Crippen molar-refractivity contribution in [3.05, 3.63) is 35.3 Å². The topological polar surface area (TPSA) is 60.2 Å². The predicted octanol–water partition coefficient (Wildman–Crippen LogP) is 2.01. The van der Waals surface area contributed by atoms with Crippen LogP contribution in [0.3, 0.4) is 0 Å². The van der Waals surface area contributed by atoms with Crippen molar-refractivity contribution >= 4 is 0 Å². The standard InChI is InChI=1S/C14H17N3O2/c1-9-14(10(2)19-17-9)12-5-3-4-11(16-12)13-8-15-6-7-18-13/h3-5,13,15H,6-8H2,1-2H3/t13-/m1/s1. The van der Waals surface area contributed by atoms with Gasteiger partial charge in [-0.2, -0.15) is 0 Å². The van der Waals surface area contributed by atoms with Crippen molar-refractivity contribution in [2.45, 2.75) is 20.0 Å². The van der Waals surface area contributed by atoms with Crippen molar-refractivity contribution in [3.8, 4) is 11.3 Å². The van der Waals surface area contributed by atoms with Crippen LogP contribution in [0.15, 0.2) is 22.7 Å². The van der Waals surface area contributed by atoms with E-state index in [1.807, 2.05) is 32.0 Å². The van der Waals surface area contributed by atoms with Gasteiger partial charge in [0.1, 0.15) is 11.9 Å². The van der Waals surface area contributed by atoms with Gasteiger partial charge in [0.15, 0.2) is 0 Å². The highest BCUT2D eigenvalue weighted by Gasteiger charge is 2.19. The van der Waals surface area contributed by atoms with E-state index in [4.69, 9.17) is 14.2 Å². The van der Waals surface area contributed by atoms with Gasteiger partial charge in [-0.3, -0.25) is 0 Å². The number of morpholine rings is 1. The summed E-state index contributed by atoms with van der Waals surface area (Å²) in [5.41, 5.74) is 3.68. The van der Waals surface area contributed by atoms with Crippen molar-refractivity contribution < 1.29 is 9.26 Å². The van der Waals surface area contributed by atoms with Crippen molar-refractivity contribution in [2.24, 2.45) is 0 Å². The second-order valence-corrected chi connectivity index (χ2v) is 4.71. The van der Waals surface area contributed by atoms with Gasteiger partial charge in [-0.1, -0.05) is 11.2 Å². The minimum Gasteiger partial charge on any atom is -0.369 e. The lowest BCUT2D eigenvalue weighted by Crippen LogP contribution is -2.33. The molecule has 1 N–H and O–H groups in total. The van der Waals surface area contributed by atoms with Gasteiger partial charge in [-0.15, -0.1) is 0 Å². The molecular weight excluding hydrogens is 242 g/mol. The third kappa shape index (κ3) is 2.39. The molecule has 5 nitrogen and oxygen atoms in total. The van der Waals surface area contributed by atoms with Gasteiger partial charge in [0.05, 0.1) is 29.3 Å². The minimum atomic E-state index is 0.0224. The SMILES string of the molecule is Cc1noc(C)c1-c1cccc([C@H]2CNCCO2)n1. The minimum absolute atomic E-state index is 0.0224. The fourth-order valence-electron chi connectivity index (χ4n) is 2.37. The number of rotatable bonds is 2. The molecule has 1 aliphatic rings. The van der Waals surface area contributed by atoms with E-state index in [0.717, 1.165) is 48.1 Å². The predicted molar refractivity (Wildman–Crippen MR) is 70.8 cm³/mol. The van der Waals surface area contributed by atoms with E-state index in [1.165, 1.54) is 0 Å².